The molecule has 1 aliphatic rings. The highest BCUT2D eigenvalue weighted by Gasteiger charge is 2.35. The number of carbonyl (C=O) groups is 1. The van der Waals surface area contributed by atoms with Gasteiger partial charge in [-0.15, -0.1) is 11.8 Å². The molecule has 2 aromatic rings. The van der Waals surface area contributed by atoms with Gasteiger partial charge in [-0.25, -0.2) is 8.42 Å². The van der Waals surface area contributed by atoms with E-state index in [1.54, 1.807) is 4.90 Å². The summed E-state index contributed by atoms with van der Waals surface area (Å²) in [7, 11) is -3.07. The lowest BCUT2D eigenvalue weighted by molar-refractivity contribution is -0.116. The molecule has 0 aliphatic carbocycles. The molecule has 7 heteroatoms. The number of nitrogens with zero attached hydrogens (tertiary/aromatic N) is 1. The summed E-state index contributed by atoms with van der Waals surface area (Å²) in [6.07, 6.45) is 0.488. The number of carbonyl (C=O) groups excluding carboxylic acids is 1. The molecule has 1 fully saturated rings. The van der Waals surface area contributed by atoms with Gasteiger partial charge in [-0.1, -0.05) is 41.9 Å². The first-order chi connectivity index (χ1) is 12.4. The Hall–Kier alpha value is -1.50. The van der Waals surface area contributed by atoms with E-state index in [1.165, 1.54) is 11.8 Å². The van der Waals surface area contributed by atoms with Crippen molar-refractivity contribution in [2.75, 3.05) is 22.2 Å². The summed E-state index contributed by atoms with van der Waals surface area (Å²) in [5, 5.41) is 0.677. The summed E-state index contributed by atoms with van der Waals surface area (Å²) < 4.78 is 23.7. The Kier molecular flexibility index (Phi) is 6.27. The molecular formula is C19H20ClNO3S2. The molecule has 0 radical (unpaired) electrons. The first-order valence-electron chi connectivity index (χ1n) is 8.34. The van der Waals surface area contributed by atoms with Crippen LogP contribution in [0.5, 0.6) is 0 Å². The van der Waals surface area contributed by atoms with Gasteiger partial charge in [0.1, 0.15) is 0 Å². The average molecular weight is 410 g/mol. The first kappa shape index (κ1) is 19.3. The van der Waals surface area contributed by atoms with Gasteiger partial charge in [0, 0.05) is 16.5 Å². The number of hydrogen-bond donors (Lipinski definition) is 0. The first-order valence-corrected chi connectivity index (χ1v) is 11.7. The third kappa shape index (κ3) is 5.02. The fraction of sp³-hybridized carbons (Fsp3) is 0.316. The maximum Gasteiger partial charge on any atom is 0.237 e. The van der Waals surface area contributed by atoms with E-state index in [2.05, 4.69) is 0 Å². The number of thioether (sulfide) groups is 1. The van der Waals surface area contributed by atoms with E-state index in [4.69, 9.17) is 11.6 Å². The van der Waals surface area contributed by atoms with Crippen molar-refractivity contribution in [2.45, 2.75) is 18.2 Å². The summed E-state index contributed by atoms with van der Waals surface area (Å²) >= 11 is 7.49. The van der Waals surface area contributed by atoms with Gasteiger partial charge in [-0.05, 0) is 36.2 Å². The highest BCUT2D eigenvalue weighted by Crippen LogP contribution is 2.26. The number of hydrogen-bond acceptors (Lipinski definition) is 4. The lowest BCUT2D eigenvalue weighted by atomic mass is 10.2. The van der Waals surface area contributed by atoms with Crippen LogP contribution in [0, 0.1) is 0 Å². The van der Waals surface area contributed by atoms with Crippen LogP contribution in [-0.2, 0) is 20.4 Å². The molecule has 26 heavy (non-hydrogen) atoms. The van der Waals surface area contributed by atoms with Gasteiger partial charge < -0.3 is 4.90 Å². The van der Waals surface area contributed by atoms with Crippen LogP contribution in [0.3, 0.4) is 0 Å². The van der Waals surface area contributed by atoms with Crippen molar-refractivity contribution in [2.24, 2.45) is 0 Å². The van der Waals surface area contributed by atoms with Crippen molar-refractivity contribution in [3.63, 3.8) is 0 Å². The normalized spacial score (nSPS) is 18.6. The minimum atomic E-state index is -3.07. The zero-order valence-electron chi connectivity index (χ0n) is 14.2. The number of sulfone groups is 1. The summed E-state index contributed by atoms with van der Waals surface area (Å²) in [5.41, 5.74) is 1.81. The second kappa shape index (κ2) is 8.46. The summed E-state index contributed by atoms with van der Waals surface area (Å²) in [6, 6.07) is 16.6. The lowest BCUT2D eigenvalue weighted by Gasteiger charge is -2.28. The molecule has 138 valence electrons. The lowest BCUT2D eigenvalue weighted by Crippen LogP contribution is -2.42. The largest absolute Gasteiger partial charge is 0.308 e. The number of anilines is 1. The van der Waals surface area contributed by atoms with E-state index < -0.39 is 9.84 Å². The molecule has 0 unspecified atom stereocenters. The molecule has 4 nitrogen and oxygen atoms in total. The van der Waals surface area contributed by atoms with Gasteiger partial charge >= 0.3 is 0 Å². The van der Waals surface area contributed by atoms with E-state index >= 15 is 0 Å². The van der Waals surface area contributed by atoms with Gasteiger partial charge in [-0.2, -0.15) is 0 Å². The number of benzene rings is 2. The standard InChI is InChI=1S/C19H20ClNO3S2/c20-16-6-4-5-15(11-16)12-25-13-19(22)21(17-7-2-1-3-8-17)18-9-10-26(23,24)14-18/h1-8,11,18H,9-10,12-14H2/t18-/m1/s1. The Bertz CT molecular complexity index is 871. The Balaban J connectivity index is 1.69. The number of halogens is 1. The zero-order valence-corrected chi connectivity index (χ0v) is 16.6. The molecule has 1 amide bonds. The molecule has 1 aliphatic heterocycles. The van der Waals surface area contributed by atoms with Gasteiger partial charge in [-0.3, -0.25) is 4.79 Å². The topological polar surface area (TPSA) is 54.5 Å². The smallest absolute Gasteiger partial charge is 0.237 e. The molecule has 0 N–H and O–H groups in total. The van der Waals surface area contributed by atoms with Crippen LogP contribution >= 0.6 is 23.4 Å². The van der Waals surface area contributed by atoms with Crippen LogP contribution in [-0.4, -0.2) is 37.6 Å². The van der Waals surface area contributed by atoms with Crippen molar-refractivity contribution in [3.8, 4) is 0 Å². The van der Waals surface area contributed by atoms with Crippen molar-refractivity contribution >= 4 is 44.8 Å². The minimum Gasteiger partial charge on any atom is -0.308 e. The molecule has 0 aromatic heterocycles. The summed E-state index contributed by atoms with van der Waals surface area (Å²) in [6.45, 7) is 0. The molecular weight excluding hydrogens is 390 g/mol. The Morgan fingerprint density at radius 1 is 1.15 bits per heavy atom. The highest BCUT2D eigenvalue weighted by atomic mass is 35.5. The highest BCUT2D eigenvalue weighted by molar-refractivity contribution is 7.99. The van der Waals surface area contributed by atoms with Crippen LogP contribution in [0.1, 0.15) is 12.0 Å². The van der Waals surface area contributed by atoms with E-state index in [9.17, 15) is 13.2 Å². The molecule has 3 rings (SSSR count). The van der Waals surface area contributed by atoms with Crippen LogP contribution in [0.15, 0.2) is 54.6 Å². The summed E-state index contributed by atoms with van der Waals surface area (Å²) in [4.78, 5) is 14.5. The van der Waals surface area contributed by atoms with E-state index in [0.717, 1.165) is 11.3 Å². The predicted molar refractivity (Wildman–Crippen MR) is 109 cm³/mol. The molecule has 1 atom stereocenters. The zero-order chi connectivity index (χ0) is 18.6. The molecule has 0 saturated carbocycles. The van der Waals surface area contributed by atoms with Crippen molar-refractivity contribution in [1.82, 2.24) is 0 Å². The van der Waals surface area contributed by atoms with Crippen molar-refractivity contribution in [1.29, 1.82) is 0 Å². The quantitative estimate of drug-likeness (QED) is 0.728. The molecule has 2 aromatic carbocycles. The van der Waals surface area contributed by atoms with Crippen LogP contribution in [0.25, 0.3) is 0 Å². The number of rotatable bonds is 6. The van der Waals surface area contributed by atoms with Crippen LogP contribution < -0.4 is 4.90 Å². The maximum atomic E-state index is 12.9. The number of amides is 1. The van der Waals surface area contributed by atoms with Crippen molar-refractivity contribution < 1.29 is 13.2 Å². The van der Waals surface area contributed by atoms with E-state index in [-0.39, 0.29) is 29.2 Å². The average Bonchev–Trinajstić information content (AvgIpc) is 2.96. The SMILES string of the molecule is O=C(CSCc1cccc(Cl)c1)N(c1ccccc1)[C@@H]1CCS(=O)(=O)C1. The molecule has 1 heterocycles. The Morgan fingerprint density at radius 2 is 1.92 bits per heavy atom. The number of para-hydroxylation sites is 1. The second-order valence-corrected chi connectivity index (χ2v) is 9.93. The Morgan fingerprint density at radius 3 is 2.58 bits per heavy atom. The Labute approximate surface area is 163 Å². The van der Waals surface area contributed by atoms with E-state index in [1.807, 2.05) is 54.6 Å². The van der Waals surface area contributed by atoms with Gasteiger partial charge in [0.25, 0.3) is 0 Å². The predicted octanol–water partition coefficient (Wildman–Crippen LogP) is 3.79. The van der Waals surface area contributed by atoms with Gasteiger partial charge in [0.2, 0.25) is 5.91 Å². The monoisotopic (exact) mass is 409 g/mol. The molecule has 0 bridgehead atoms. The van der Waals surface area contributed by atoms with Gasteiger partial charge in [0.15, 0.2) is 9.84 Å². The van der Waals surface area contributed by atoms with Crippen molar-refractivity contribution in [3.05, 3.63) is 65.2 Å². The third-order valence-electron chi connectivity index (χ3n) is 4.26. The molecule has 1 saturated heterocycles. The van der Waals surface area contributed by atoms with Gasteiger partial charge in [0.05, 0.1) is 23.3 Å². The fourth-order valence-electron chi connectivity index (χ4n) is 3.08. The van der Waals surface area contributed by atoms with Crippen LogP contribution in [0.2, 0.25) is 5.02 Å². The molecule has 0 spiro atoms. The second-order valence-electron chi connectivity index (χ2n) is 6.28. The fourth-order valence-corrected chi connectivity index (χ4v) is 5.82. The maximum absolute atomic E-state index is 12.9. The van der Waals surface area contributed by atoms with Crippen LogP contribution in [0.4, 0.5) is 5.69 Å². The minimum absolute atomic E-state index is 0.0343. The van der Waals surface area contributed by atoms with E-state index in [0.29, 0.717) is 17.2 Å². The summed E-state index contributed by atoms with van der Waals surface area (Å²) in [5.74, 6) is 1.08. The third-order valence-corrected chi connectivity index (χ3v) is 7.23.